The van der Waals surface area contributed by atoms with Crippen molar-refractivity contribution in [2.75, 3.05) is 7.11 Å². The summed E-state index contributed by atoms with van der Waals surface area (Å²) in [4.78, 5) is 11.1. The minimum absolute atomic E-state index is 0.169. The number of hydrogen-bond donors (Lipinski definition) is 1. The number of carbonyl (C=O) groups is 1. The van der Waals surface area contributed by atoms with E-state index >= 15 is 0 Å². The lowest BCUT2D eigenvalue weighted by molar-refractivity contribution is 0.162. The third-order valence-corrected chi connectivity index (χ3v) is 4.51. The Labute approximate surface area is 98.4 Å². The summed E-state index contributed by atoms with van der Waals surface area (Å²) in [5.74, 6) is 0.862. The van der Waals surface area contributed by atoms with E-state index in [1.54, 1.807) is 0 Å². The number of alkyl halides is 1. The number of carbonyl (C=O) groups excluding carboxylic acids is 1. The summed E-state index contributed by atoms with van der Waals surface area (Å²) in [6.45, 7) is 4.26. The first-order chi connectivity index (χ1) is 6.56. The zero-order valence-corrected chi connectivity index (χ0v) is 10.8. The second-order valence-corrected chi connectivity index (χ2v) is 5.15. The number of hydrogen-bond acceptors (Lipinski definition) is 2. The number of alkyl carbamates (subject to hydrolysis) is 1. The van der Waals surface area contributed by atoms with Gasteiger partial charge in [0, 0.05) is 3.92 Å². The predicted molar refractivity (Wildman–Crippen MR) is 64.6 cm³/mol. The third kappa shape index (κ3) is 2.62. The molecule has 1 amide bonds. The topological polar surface area (TPSA) is 38.3 Å². The maximum Gasteiger partial charge on any atom is 0.407 e. The Morgan fingerprint density at radius 3 is 2.50 bits per heavy atom. The van der Waals surface area contributed by atoms with Crippen molar-refractivity contribution < 1.29 is 9.53 Å². The van der Waals surface area contributed by atoms with Gasteiger partial charge in [0.25, 0.3) is 0 Å². The van der Waals surface area contributed by atoms with Gasteiger partial charge in [0.1, 0.15) is 0 Å². The number of allylic oxidation sites excluding steroid dienone is 1. The molecule has 0 bridgehead atoms. The van der Waals surface area contributed by atoms with Crippen molar-refractivity contribution in [1.82, 2.24) is 5.32 Å². The summed E-state index contributed by atoms with van der Waals surface area (Å²) in [5, 5.41) is 2.88. The van der Waals surface area contributed by atoms with Crippen LogP contribution in [0, 0.1) is 11.8 Å². The molecule has 0 saturated carbocycles. The van der Waals surface area contributed by atoms with Crippen LogP contribution in [0.25, 0.3) is 0 Å². The van der Waals surface area contributed by atoms with Gasteiger partial charge >= 0.3 is 6.09 Å². The van der Waals surface area contributed by atoms with Crippen LogP contribution in [0.15, 0.2) is 12.2 Å². The lowest BCUT2D eigenvalue weighted by Crippen LogP contribution is -2.48. The Morgan fingerprint density at radius 2 is 1.93 bits per heavy atom. The standard InChI is InChI=1S/C10H16INO2/c1-6-4-5-7(2)9(8(6)11)12-10(13)14-3/h4-9H,1-3H3,(H,12,13)/t6-,7-,8+,9-/m1/s1. The molecule has 0 aromatic heterocycles. The molecule has 4 heteroatoms. The normalized spacial score (nSPS) is 36.6. The molecular formula is C10H16INO2. The summed E-state index contributed by atoms with van der Waals surface area (Å²) >= 11 is 2.39. The third-order valence-electron chi connectivity index (χ3n) is 2.60. The first-order valence-corrected chi connectivity index (χ1v) is 5.97. The number of nitrogens with one attached hydrogen (secondary N) is 1. The fraction of sp³-hybridized carbons (Fsp3) is 0.700. The van der Waals surface area contributed by atoms with Gasteiger partial charge in [0.2, 0.25) is 0 Å². The Balaban J connectivity index is 2.66. The SMILES string of the molecule is COC(=O)N[C@H]1[C@@H](I)[C@H](C)C=C[C@H]1C. The number of rotatable bonds is 1. The van der Waals surface area contributed by atoms with Gasteiger partial charge in [0.05, 0.1) is 13.2 Å². The summed E-state index contributed by atoms with van der Waals surface area (Å²) in [7, 11) is 1.39. The number of halogens is 1. The number of methoxy groups -OCH3 is 1. The van der Waals surface area contributed by atoms with Crippen molar-refractivity contribution in [3.8, 4) is 0 Å². The van der Waals surface area contributed by atoms with E-state index in [4.69, 9.17) is 0 Å². The van der Waals surface area contributed by atoms with Crippen LogP contribution in [0.4, 0.5) is 4.79 Å². The van der Waals surface area contributed by atoms with Crippen molar-refractivity contribution in [2.45, 2.75) is 23.8 Å². The molecule has 14 heavy (non-hydrogen) atoms. The molecule has 1 aliphatic rings. The predicted octanol–water partition coefficient (Wildman–Crippen LogP) is 2.36. The van der Waals surface area contributed by atoms with Gasteiger partial charge in [-0.1, -0.05) is 48.6 Å². The van der Waals surface area contributed by atoms with E-state index in [0.717, 1.165) is 0 Å². The van der Waals surface area contributed by atoms with E-state index < -0.39 is 0 Å². The first-order valence-electron chi connectivity index (χ1n) is 4.73. The molecule has 0 saturated heterocycles. The Hall–Kier alpha value is -0.260. The molecule has 0 aromatic carbocycles. The molecule has 0 unspecified atom stereocenters. The van der Waals surface area contributed by atoms with E-state index in [1.165, 1.54) is 7.11 Å². The molecule has 0 radical (unpaired) electrons. The fourth-order valence-corrected chi connectivity index (χ4v) is 2.67. The zero-order valence-electron chi connectivity index (χ0n) is 8.66. The van der Waals surface area contributed by atoms with Crippen LogP contribution in [0.1, 0.15) is 13.8 Å². The van der Waals surface area contributed by atoms with Crippen molar-refractivity contribution in [3.63, 3.8) is 0 Å². The minimum Gasteiger partial charge on any atom is -0.453 e. The van der Waals surface area contributed by atoms with Crippen LogP contribution >= 0.6 is 22.6 Å². The second-order valence-electron chi connectivity index (χ2n) is 3.71. The highest BCUT2D eigenvalue weighted by Gasteiger charge is 2.31. The number of amides is 1. The molecule has 80 valence electrons. The highest BCUT2D eigenvalue weighted by Crippen LogP contribution is 2.28. The van der Waals surface area contributed by atoms with Gasteiger partial charge in [0.15, 0.2) is 0 Å². The van der Waals surface area contributed by atoms with Gasteiger partial charge in [-0.25, -0.2) is 4.79 Å². The molecule has 1 rings (SSSR count). The average Bonchev–Trinajstić information content (AvgIpc) is 2.18. The molecule has 0 aromatic rings. The maximum atomic E-state index is 11.1. The maximum absolute atomic E-state index is 11.1. The Kier molecular flexibility index (Phi) is 4.22. The smallest absolute Gasteiger partial charge is 0.407 e. The summed E-state index contributed by atoms with van der Waals surface area (Å²) in [6, 6.07) is 0.169. The minimum atomic E-state index is -0.342. The lowest BCUT2D eigenvalue weighted by Gasteiger charge is -2.33. The van der Waals surface area contributed by atoms with E-state index in [-0.39, 0.29) is 12.1 Å². The average molecular weight is 309 g/mol. The summed E-state index contributed by atoms with van der Waals surface area (Å²) < 4.78 is 5.03. The van der Waals surface area contributed by atoms with Crippen LogP contribution in [-0.2, 0) is 4.74 Å². The highest BCUT2D eigenvalue weighted by molar-refractivity contribution is 14.1. The molecular weight excluding hydrogens is 293 g/mol. The molecule has 0 heterocycles. The molecule has 0 aliphatic heterocycles. The van der Waals surface area contributed by atoms with Crippen molar-refractivity contribution in [1.29, 1.82) is 0 Å². The number of ether oxygens (including phenoxy) is 1. The van der Waals surface area contributed by atoms with Crippen LogP contribution < -0.4 is 5.32 Å². The molecule has 0 fully saturated rings. The molecule has 1 aliphatic carbocycles. The summed E-state index contributed by atoms with van der Waals surface area (Å²) in [5.41, 5.74) is 0. The van der Waals surface area contributed by atoms with Gasteiger partial charge in [-0.05, 0) is 11.8 Å². The van der Waals surface area contributed by atoms with Gasteiger partial charge in [-0.15, -0.1) is 0 Å². The molecule has 3 nitrogen and oxygen atoms in total. The van der Waals surface area contributed by atoms with E-state index in [1.807, 2.05) is 0 Å². The van der Waals surface area contributed by atoms with Crippen molar-refractivity contribution in [2.24, 2.45) is 11.8 Å². The van der Waals surface area contributed by atoms with Crippen LogP contribution in [0.5, 0.6) is 0 Å². The van der Waals surface area contributed by atoms with Crippen LogP contribution in [0.2, 0.25) is 0 Å². The quantitative estimate of drug-likeness (QED) is 0.459. The first kappa shape index (κ1) is 11.8. The van der Waals surface area contributed by atoms with Gasteiger partial charge in [-0.2, -0.15) is 0 Å². The van der Waals surface area contributed by atoms with E-state index in [0.29, 0.717) is 15.8 Å². The van der Waals surface area contributed by atoms with Gasteiger partial charge in [-0.3, -0.25) is 0 Å². The van der Waals surface area contributed by atoms with Crippen molar-refractivity contribution in [3.05, 3.63) is 12.2 Å². The fourth-order valence-electron chi connectivity index (χ4n) is 1.60. The molecule has 1 N–H and O–H groups in total. The zero-order chi connectivity index (χ0) is 10.7. The van der Waals surface area contributed by atoms with E-state index in [9.17, 15) is 4.79 Å². The highest BCUT2D eigenvalue weighted by atomic mass is 127. The largest absolute Gasteiger partial charge is 0.453 e. The lowest BCUT2D eigenvalue weighted by atomic mass is 9.86. The second kappa shape index (κ2) is 5.00. The van der Waals surface area contributed by atoms with Gasteiger partial charge < -0.3 is 10.1 Å². The van der Waals surface area contributed by atoms with E-state index in [2.05, 4.69) is 58.6 Å². The molecule has 0 spiro atoms. The van der Waals surface area contributed by atoms with Crippen LogP contribution in [-0.4, -0.2) is 23.2 Å². The Morgan fingerprint density at radius 1 is 1.36 bits per heavy atom. The van der Waals surface area contributed by atoms with Crippen molar-refractivity contribution >= 4 is 28.7 Å². The summed E-state index contributed by atoms with van der Waals surface area (Å²) in [6.07, 6.45) is 4.02. The monoisotopic (exact) mass is 309 g/mol. The molecule has 4 atom stereocenters. The van der Waals surface area contributed by atoms with Crippen LogP contribution in [0.3, 0.4) is 0 Å². The Bertz CT molecular complexity index is 242.